The van der Waals surface area contributed by atoms with E-state index in [4.69, 9.17) is 14.2 Å². The molecule has 0 spiro atoms. The second-order valence-electron chi connectivity index (χ2n) is 5.92. The van der Waals surface area contributed by atoms with E-state index in [0.717, 1.165) is 35.8 Å². The lowest BCUT2D eigenvalue weighted by Crippen LogP contribution is -2.32. The summed E-state index contributed by atoms with van der Waals surface area (Å²) < 4.78 is 16.3. The number of nitrogens with one attached hydrogen (secondary N) is 1. The van der Waals surface area contributed by atoms with E-state index in [1.807, 2.05) is 49.4 Å². The fraction of sp³-hybridized carbons (Fsp3) is 0.368. The molecule has 1 aliphatic rings. The van der Waals surface area contributed by atoms with Crippen molar-refractivity contribution < 1.29 is 19.3 Å². The quantitative estimate of drug-likeness (QED) is 0.728. The molecule has 2 N–H and O–H groups in total. The predicted octanol–water partition coefficient (Wildman–Crippen LogP) is 2.30. The van der Waals surface area contributed by atoms with Crippen LogP contribution in [0.3, 0.4) is 0 Å². The van der Waals surface area contributed by atoms with Crippen LogP contribution in [0, 0.1) is 6.92 Å². The zero-order valence-electron chi connectivity index (χ0n) is 13.8. The van der Waals surface area contributed by atoms with Crippen LogP contribution in [-0.4, -0.2) is 37.7 Å². The van der Waals surface area contributed by atoms with Gasteiger partial charge in [0.05, 0.1) is 0 Å². The first-order valence-corrected chi connectivity index (χ1v) is 8.17. The molecule has 0 bridgehead atoms. The van der Waals surface area contributed by atoms with Crippen LogP contribution in [-0.2, 0) is 6.42 Å². The van der Waals surface area contributed by atoms with Gasteiger partial charge in [-0.25, -0.2) is 0 Å². The zero-order valence-corrected chi connectivity index (χ0v) is 13.8. The standard InChI is InChI=1S/C19H23NO4/c1-14-3-2-4-17(9-14)22-12-16(21)11-20-8-7-15-5-6-18-19(10-15)24-13-23-18/h2-6,9-10,16,20-21H,7-8,11-13H2,1H3/t16-/m1/s1. The first-order valence-electron chi connectivity index (χ1n) is 8.17. The van der Waals surface area contributed by atoms with Crippen LogP contribution in [0.2, 0.25) is 0 Å². The van der Waals surface area contributed by atoms with E-state index in [1.165, 1.54) is 5.56 Å². The maximum absolute atomic E-state index is 9.98. The first-order chi connectivity index (χ1) is 11.7. The van der Waals surface area contributed by atoms with Crippen LogP contribution in [0.5, 0.6) is 17.2 Å². The molecule has 0 saturated heterocycles. The highest BCUT2D eigenvalue weighted by Crippen LogP contribution is 2.32. The minimum absolute atomic E-state index is 0.278. The lowest BCUT2D eigenvalue weighted by Gasteiger charge is -2.13. The maximum Gasteiger partial charge on any atom is 0.231 e. The molecule has 1 aliphatic heterocycles. The monoisotopic (exact) mass is 329 g/mol. The Balaban J connectivity index is 1.34. The molecule has 5 heteroatoms. The fourth-order valence-electron chi connectivity index (χ4n) is 2.55. The van der Waals surface area contributed by atoms with Gasteiger partial charge in [0.25, 0.3) is 0 Å². The van der Waals surface area contributed by atoms with Crippen molar-refractivity contribution in [3.05, 3.63) is 53.6 Å². The van der Waals surface area contributed by atoms with Gasteiger partial charge in [-0.3, -0.25) is 0 Å². The molecular weight excluding hydrogens is 306 g/mol. The normalized spacial score (nSPS) is 13.8. The Kier molecular flexibility index (Phi) is 5.56. The average Bonchev–Trinajstić information content (AvgIpc) is 3.05. The molecule has 0 unspecified atom stereocenters. The summed E-state index contributed by atoms with van der Waals surface area (Å²) in [5, 5.41) is 13.2. The van der Waals surface area contributed by atoms with Gasteiger partial charge in [0.1, 0.15) is 18.5 Å². The number of ether oxygens (including phenoxy) is 3. The highest BCUT2D eigenvalue weighted by Gasteiger charge is 2.13. The number of aliphatic hydroxyl groups is 1. The molecule has 1 atom stereocenters. The van der Waals surface area contributed by atoms with Crippen molar-refractivity contribution in [2.24, 2.45) is 0 Å². The molecule has 1 heterocycles. The number of aryl methyl sites for hydroxylation is 1. The smallest absolute Gasteiger partial charge is 0.231 e. The fourth-order valence-corrected chi connectivity index (χ4v) is 2.55. The summed E-state index contributed by atoms with van der Waals surface area (Å²) in [6.45, 7) is 3.86. The Morgan fingerprint density at radius 2 is 2.04 bits per heavy atom. The van der Waals surface area contributed by atoms with E-state index in [9.17, 15) is 5.11 Å². The topological polar surface area (TPSA) is 60.0 Å². The molecule has 0 aliphatic carbocycles. The number of hydrogen-bond donors (Lipinski definition) is 2. The Morgan fingerprint density at radius 3 is 2.92 bits per heavy atom. The van der Waals surface area contributed by atoms with Crippen LogP contribution in [0.15, 0.2) is 42.5 Å². The summed E-state index contributed by atoms with van der Waals surface area (Å²) in [6.07, 6.45) is 0.324. The van der Waals surface area contributed by atoms with Crippen molar-refractivity contribution >= 4 is 0 Å². The van der Waals surface area contributed by atoms with E-state index in [0.29, 0.717) is 13.3 Å². The van der Waals surface area contributed by atoms with Gasteiger partial charge in [0.15, 0.2) is 11.5 Å². The van der Waals surface area contributed by atoms with Crippen LogP contribution >= 0.6 is 0 Å². The molecule has 5 nitrogen and oxygen atoms in total. The minimum Gasteiger partial charge on any atom is -0.491 e. The van der Waals surface area contributed by atoms with Gasteiger partial charge < -0.3 is 24.6 Å². The summed E-state index contributed by atoms with van der Waals surface area (Å²) in [6, 6.07) is 13.8. The molecule has 128 valence electrons. The summed E-state index contributed by atoms with van der Waals surface area (Å²) in [5.74, 6) is 2.39. The van der Waals surface area contributed by atoms with Gasteiger partial charge in [0, 0.05) is 6.54 Å². The molecule has 0 saturated carbocycles. The van der Waals surface area contributed by atoms with E-state index in [1.54, 1.807) is 0 Å². The number of rotatable bonds is 8. The minimum atomic E-state index is -0.540. The lowest BCUT2D eigenvalue weighted by atomic mass is 10.1. The number of aliphatic hydroxyl groups excluding tert-OH is 1. The highest BCUT2D eigenvalue weighted by molar-refractivity contribution is 5.44. The van der Waals surface area contributed by atoms with E-state index in [-0.39, 0.29) is 6.61 Å². The van der Waals surface area contributed by atoms with Crippen LogP contribution < -0.4 is 19.5 Å². The number of benzene rings is 2. The van der Waals surface area contributed by atoms with Gasteiger partial charge in [-0.05, 0) is 55.3 Å². The molecular formula is C19H23NO4. The first kappa shape index (κ1) is 16.6. The van der Waals surface area contributed by atoms with Crippen molar-refractivity contribution in [2.75, 3.05) is 26.5 Å². The molecule has 0 fully saturated rings. The van der Waals surface area contributed by atoms with Crippen molar-refractivity contribution in [1.82, 2.24) is 5.32 Å². The molecule has 3 rings (SSSR count). The second-order valence-corrected chi connectivity index (χ2v) is 5.92. The zero-order chi connectivity index (χ0) is 16.8. The van der Waals surface area contributed by atoms with Gasteiger partial charge >= 0.3 is 0 Å². The Labute approximate surface area is 142 Å². The molecule has 0 amide bonds. The van der Waals surface area contributed by atoms with Gasteiger partial charge in [-0.15, -0.1) is 0 Å². The molecule has 24 heavy (non-hydrogen) atoms. The SMILES string of the molecule is Cc1cccc(OC[C@H](O)CNCCc2ccc3c(c2)OCO3)c1. The van der Waals surface area contributed by atoms with Crippen molar-refractivity contribution in [2.45, 2.75) is 19.4 Å². The number of fused-ring (bicyclic) bond motifs is 1. The third-order valence-electron chi connectivity index (χ3n) is 3.84. The van der Waals surface area contributed by atoms with E-state index >= 15 is 0 Å². The van der Waals surface area contributed by atoms with Crippen molar-refractivity contribution in [1.29, 1.82) is 0 Å². The molecule has 0 aromatic heterocycles. The number of hydrogen-bond acceptors (Lipinski definition) is 5. The van der Waals surface area contributed by atoms with Crippen molar-refractivity contribution in [3.63, 3.8) is 0 Å². The third-order valence-corrected chi connectivity index (χ3v) is 3.84. The van der Waals surface area contributed by atoms with E-state index < -0.39 is 6.10 Å². The van der Waals surface area contributed by atoms with Crippen LogP contribution in [0.1, 0.15) is 11.1 Å². The molecule has 0 radical (unpaired) electrons. The predicted molar refractivity (Wildman–Crippen MR) is 91.8 cm³/mol. The van der Waals surface area contributed by atoms with Crippen LogP contribution in [0.4, 0.5) is 0 Å². The summed E-state index contributed by atoms with van der Waals surface area (Å²) in [7, 11) is 0. The van der Waals surface area contributed by atoms with Crippen molar-refractivity contribution in [3.8, 4) is 17.2 Å². The molecule has 2 aromatic rings. The molecule has 2 aromatic carbocycles. The summed E-state index contributed by atoms with van der Waals surface area (Å²) >= 11 is 0. The Morgan fingerprint density at radius 1 is 1.17 bits per heavy atom. The largest absolute Gasteiger partial charge is 0.491 e. The highest BCUT2D eigenvalue weighted by atomic mass is 16.7. The third kappa shape index (κ3) is 4.63. The van der Waals surface area contributed by atoms with Crippen LogP contribution in [0.25, 0.3) is 0 Å². The maximum atomic E-state index is 9.98. The van der Waals surface area contributed by atoms with Gasteiger partial charge in [-0.1, -0.05) is 18.2 Å². The Hall–Kier alpha value is -2.24. The average molecular weight is 329 g/mol. The summed E-state index contributed by atoms with van der Waals surface area (Å²) in [5.41, 5.74) is 2.32. The Bertz CT molecular complexity index is 674. The summed E-state index contributed by atoms with van der Waals surface area (Å²) in [4.78, 5) is 0. The lowest BCUT2D eigenvalue weighted by molar-refractivity contribution is 0.106. The van der Waals surface area contributed by atoms with E-state index in [2.05, 4.69) is 5.32 Å². The second kappa shape index (κ2) is 8.04. The van der Waals surface area contributed by atoms with Gasteiger partial charge in [-0.2, -0.15) is 0 Å². The van der Waals surface area contributed by atoms with Gasteiger partial charge in [0.2, 0.25) is 6.79 Å².